The number of fused-ring (bicyclic) bond motifs is 4. The molecule has 13 nitrogen and oxygen atoms in total. The van der Waals surface area contributed by atoms with Crippen LogP contribution < -0.4 is 42.4 Å². The van der Waals surface area contributed by atoms with Crippen LogP contribution in [0.2, 0.25) is 0 Å². The van der Waals surface area contributed by atoms with Gasteiger partial charge in [-0.3, -0.25) is 14.7 Å². The summed E-state index contributed by atoms with van der Waals surface area (Å²) >= 11 is 0. The van der Waals surface area contributed by atoms with Crippen molar-refractivity contribution >= 4 is 41.2 Å². The largest absolute Gasteiger partial charge is 0.395 e. The molecule has 4 aliphatic heterocycles. The number of rotatable bonds is 9. The second-order valence-corrected chi connectivity index (χ2v) is 15.6. The molecule has 0 spiro atoms. The molecule has 0 aliphatic carbocycles. The van der Waals surface area contributed by atoms with Crippen LogP contribution in [0.5, 0.6) is 5.75 Å². The van der Waals surface area contributed by atoms with Gasteiger partial charge in [-0.2, -0.15) is 4.98 Å². The Morgan fingerprint density at radius 1 is 1.28 bits per heavy atom. The van der Waals surface area contributed by atoms with E-state index >= 15 is 4.39 Å². The molecule has 5 heterocycles. The number of alkyl halides is 1. The second kappa shape index (κ2) is 21.0. The Hall–Kier alpha value is -3.69. The van der Waals surface area contributed by atoms with Crippen LogP contribution in [-0.4, -0.2) is 107 Å². The maximum Gasteiger partial charge on any atom is 0.347 e. The van der Waals surface area contributed by atoms with Crippen LogP contribution in [0.1, 0.15) is 64.0 Å². The monoisotopic (exact) mass is 883 g/mol. The van der Waals surface area contributed by atoms with E-state index in [2.05, 4.69) is 54.9 Å². The Kier molecular flexibility index (Phi) is 17.0. The van der Waals surface area contributed by atoms with E-state index in [1.54, 1.807) is 0 Å². The Labute approximate surface area is 361 Å². The molecule has 1 radical (unpaired) electrons. The third-order valence-corrected chi connectivity index (χ3v) is 11.1. The number of carbonyl (C=O) groups excluding carboxylic acids is 1. The van der Waals surface area contributed by atoms with Gasteiger partial charge in [-0.1, -0.05) is 25.8 Å². The molecule has 58 heavy (non-hydrogen) atoms. The molecular formula is C41H53F3N8O5Y. The van der Waals surface area contributed by atoms with E-state index in [9.17, 15) is 23.6 Å². The van der Waals surface area contributed by atoms with Gasteiger partial charge in [0.05, 0.1) is 28.8 Å². The van der Waals surface area contributed by atoms with Crippen LogP contribution >= 0.6 is 0 Å². The first kappa shape index (κ1) is 47.0. The number of hydrogen-bond acceptors (Lipinski definition) is 11. The van der Waals surface area contributed by atoms with Crippen LogP contribution in [0.15, 0.2) is 34.1 Å². The molecule has 17 heteroatoms. The average Bonchev–Trinajstić information content (AvgIpc) is 3.81. The summed E-state index contributed by atoms with van der Waals surface area (Å²) in [6.07, 6.45) is 11.2. The van der Waals surface area contributed by atoms with Crippen molar-refractivity contribution in [2.45, 2.75) is 89.1 Å². The topological polar surface area (TPSA) is 181 Å². The molecule has 3 aromatic rings. The van der Waals surface area contributed by atoms with Crippen molar-refractivity contribution in [3.8, 4) is 18.1 Å². The van der Waals surface area contributed by atoms with Gasteiger partial charge in [0.2, 0.25) is 5.91 Å². The van der Waals surface area contributed by atoms with Gasteiger partial charge in [0.1, 0.15) is 23.6 Å². The van der Waals surface area contributed by atoms with Crippen LogP contribution in [0.3, 0.4) is 0 Å². The van der Waals surface area contributed by atoms with Gasteiger partial charge < -0.3 is 36.2 Å². The number of amides is 1. The molecule has 4 aliphatic rings. The number of piperazine rings is 1. The summed E-state index contributed by atoms with van der Waals surface area (Å²) < 4.78 is 43.3. The van der Waals surface area contributed by atoms with E-state index in [4.69, 9.17) is 17.3 Å². The maximum atomic E-state index is 16.0. The van der Waals surface area contributed by atoms with Gasteiger partial charge in [0, 0.05) is 94.5 Å². The summed E-state index contributed by atoms with van der Waals surface area (Å²) in [6, 6.07) is 5.53. The number of aliphatic imine (C=N–C) groups is 1. The van der Waals surface area contributed by atoms with Gasteiger partial charge >= 0.3 is 5.69 Å². The Bertz CT molecular complexity index is 2160. The zero-order valence-electron chi connectivity index (χ0n) is 33.2. The van der Waals surface area contributed by atoms with Gasteiger partial charge in [0.25, 0.3) is 0 Å². The second-order valence-electron chi connectivity index (χ2n) is 15.6. The molecule has 7 N–H and O–H groups in total. The Morgan fingerprint density at radius 2 is 1.98 bits per heavy atom. The number of aromatic nitrogens is 2. The van der Waals surface area contributed by atoms with E-state index in [1.807, 2.05) is 18.7 Å². The fourth-order valence-corrected chi connectivity index (χ4v) is 8.20. The van der Waals surface area contributed by atoms with E-state index in [0.717, 1.165) is 25.8 Å². The van der Waals surface area contributed by atoms with Crippen LogP contribution in [-0.2, 0) is 43.9 Å². The van der Waals surface area contributed by atoms with Gasteiger partial charge in [0.15, 0.2) is 5.75 Å². The predicted molar refractivity (Wildman–Crippen MR) is 215 cm³/mol. The number of carbonyl (C=O) groups is 1. The van der Waals surface area contributed by atoms with Crippen molar-refractivity contribution in [1.29, 1.82) is 0 Å². The third kappa shape index (κ3) is 11.1. The fourth-order valence-electron chi connectivity index (χ4n) is 8.20. The summed E-state index contributed by atoms with van der Waals surface area (Å²) in [4.78, 5) is 42.6. The standard InChI is InChI=1S/C26H23F2N5O3.C8H14FN.C7H16N2O2.Y/c1-3-19-21(27)7-4-14-8-18(36-35)9-15(23(14)19)10-22(28)24-20(11-29-2)25(32-26(34)31-24)33-12-16-5-6-17(13-33)30-16;1-8-3-2-4-10(8)6-7(9)5-8;1-5(2)6(8)7(11)9-3-4-10;/h1,4,7-9,11,16-17,30,35H,2,5-6,10,12-13H2,(H,31,34);7H,2-6H2,1H3;5-6,10H,3-4,8H2,1-2H3,(H,9,11);/b20-11+,24-22-;;;/t;7-,8+;6-;/m.10./s1. The number of terminal acetylenes is 1. The SMILES string of the molecule is C#Cc1c(F)ccc2cc(OO)cc(C/C(F)=c3/[nH]c(=O)nc(N4CC5CCC(C4)N5)/c3=C/N=C)c12.CC(C)[C@H](N)C(=O)NCCO.C[C@@]12CCCN1C[C@H](F)C2.[Y]. The van der Waals surface area contributed by atoms with E-state index in [1.165, 1.54) is 43.3 Å². The number of anilines is 1. The number of aliphatic hydroxyl groups is 1. The van der Waals surface area contributed by atoms with Crippen LogP contribution in [0, 0.1) is 24.1 Å². The number of halogens is 3. The van der Waals surface area contributed by atoms with Crippen molar-refractivity contribution in [3.63, 3.8) is 0 Å². The molecule has 2 unspecified atom stereocenters. The minimum atomic E-state index is -0.729. The molecule has 311 valence electrons. The van der Waals surface area contributed by atoms with Gasteiger partial charge in [-0.05, 0) is 87.4 Å². The number of hydrogen-bond donors (Lipinski definition) is 6. The van der Waals surface area contributed by atoms with E-state index < -0.39 is 29.5 Å². The molecule has 0 saturated carbocycles. The van der Waals surface area contributed by atoms with Crippen molar-refractivity contribution in [1.82, 2.24) is 25.5 Å². The Morgan fingerprint density at radius 3 is 2.59 bits per heavy atom. The number of H-pyrrole nitrogens is 1. The zero-order chi connectivity index (χ0) is 41.4. The third-order valence-electron chi connectivity index (χ3n) is 11.1. The van der Waals surface area contributed by atoms with Crippen molar-refractivity contribution in [2.75, 3.05) is 44.2 Å². The average molecular weight is 884 g/mol. The quantitative estimate of drug-likeness (QED) is 0.0808. The molecule has 5 atom stereocenters. The predicted octanol–water partition coefficient (Wildman–Crippen LogP) is 2.25. The van der Waals surface area contributed by atoms with Crippen molar-refractivity contribution in [2.24, 2.45) is 16.6 Å². The first-order valence-corrected chi connectivity index (χ1v) is 19.2. The molecule has 1 aromatic heterocycles. The number of benzene rings is 2. The smallest absolute Gasteiger partial charge is 0.347 e. The summed E-state index contributed by atoms with van der Waals surface area (Å²) in [5, 5.41) is 24.6. The fraction of sp³-hybridized carbons (Fsp3) is 0.512. The first-order chi connectivity index (χ1) is 27.2. The number of aromatic amines is 1. The van der Waals surface area contributed by atoms with E-state index in [0.29, 0.717) is 36.2 Å². The molecule has 2 aromatic carbocycles. The number of nitrogens with zero attached hydrogens (tertiary/aromatic N) is 4. The molecule has 4 saturated heterocycles. The van der Waals surface area contributed by atoms with Crippen molar-refractivity contribution < 1.29 is 65.9 Å². The minimum Gasteiger partial charge on any atom is -0.395 e. The van der Waals surface area contributed by atoms with Crippen molar-refractivity contribution in [3.05, 3.63) is 62.3 Å². The zero-order valence-corrected chi connectivity index (χ0v) is 36.1. The summed E-state index contributed by atoms with van der Waals surface area (Å²) in [5.74, 6) is 1.23. The number of nitrogens with two attached hydrogens (primary N) is 1. The number of nitrogens with one attached hydrogen (secondary N) is 3. The van der Waals surface area contributed by atoms with Crippen LogP contribution in [0.4, 0.5) is 19.0 Å². The van der Waals surface area contributed by atoms with Gasteiger partial charge in [-0.15, -0.1) is 6.42 Å². The minimum absolute atomic E-state index is 0. The summed E-state index contributed by atoms with van der Waals surface area (Å²) in [6.45, 7) is 12.7. The maximum absolute atomic E-state index is 16.0. The van der Waals surface area contributed by atoms with E-state index in [-0.39, 0.29) is 109 Å². The van der Waals surface area contributed by atoms with Crippen LogP contribution in [0.25, 0.3) is 22.8 Å². The molecular weight excluding hydrogens is 830 g/mol. The molecule has 2 bridgehead atoms. The molecule has 4 fully saturated rings. The number of aliphatic hydroxyl groups excluding tert-OH is 1. The normalized spacial score (nSPS) is 23.4. The first-order valence-electron chi connectivity index (χ1n) is 19.2. The van der Waals surface area contributed by atoms with Gasteiger partial charge in [-0.25, -0.2) is 23.2 Å². The molecule has 7 rings (SSSR count). The Balaban J connectivity index is 0.000000276. The molecule has 1 amide bonds. The summed E-state index contributed by atoms with van der Waals surface area (Å²) in [5.41, 5.74) is 5.25. The summed E-state index contributed by atoms with van der Waals surface area (Å²) in [7, 11) is 0.